The van der Waals surface area contributed by atoms with Crippen LogP contribution in [0.2, 0.25) is 0 Å². The fourth-order valence-electron chi connectivity index (χ4n) is 1.77. The second-order valence-electron chi connectivity index (χ2n) is 4.55. The minimum absolute atomic E-state index is 0.0515. The largest absolute Gasteiger partial charge is 0.354 e. The summed E-state index contributed by atoms with van der Waals surface area (Å²) in [6.07, 6.45) is 0. The Kier molecular flexibility index (Phi) is 2.93. The zero-order chi connectivity index (χ0) is 10.1. The van der Waals surface area contributed by atoms with Crippen molar-refractivity contribution in [1.82, 2.24) is 10.2 Å². The Labute approximate surface area is 79.5 Å². The first-order valence-corrected chi connectivity index (χ1v) is 4.64. The highest BCUT2D eigenvalue weighted by molar-refractivity contribution is 5.82. The Balaban J connectivity index is 2.75. The molecule has 1 unspecified atom stereocenters. The summed E-state index contributed by atoms with van der Waals surface area (Å²) >= 11 is 0. The van der Waals surface area contributed by atoms with Crippen molar-refractivity contribution in [2.45, 2.75) is 19.9 Å². The minimum atomic E-state index is -0.165. The zero-order valence-electron chi connectivity index (χ0n) is 8.63. The number of hydrogen-bond donors (Lipinski definition) is 2. The number of amides is 1. The van der Waals surface area contributed by atoms with Gasteiger partial charge in [0, 0.05) is 19.6 Å². The van der Waals surface area contributed by atoms with E-state index in [4.69, 9.17) is 5.73 Å². The summed E-state index contributed by atoms with van der Waals surface area (Å²) in [5.41, 5.74) is 5.67. The van der Waals surface area contributed by atoms with Crippen LogP contribution >= 0.6 is 0 Å². The molecule has 1 saturated heterocycles. The Bertz CT molecular complexity index is 203. The molecule has 0 saturated carbocycles. The predicted octanol–water partition coefficient (Wildman–Crippen LogP) is -0.598. The molecule has 76 valence electrons. The molecule has 1 atom stereocenters. The molecule has 0 spiro atoms. The molecule has 0 aromatic carbocycles. The molecule has 1 aliphatic heterocycles. The second kappa shape index (κ2) is 3.64. The molecule has 1 heterocycles. The first-order chi connectivity index (χ1) is 5.96. The van der Waals surface area contributed by atoms with E-state index in [-0.39, 0.29) is 17.4 Å². The lowest BCUT2D eigenvalue weighted by Crippen LogP contribution is -2.47. The number of nitrogens with two attached hydrogens (primary N) is 1. The Morgan fingerprint density at radius 1 is 1.69 bits per heavy atom. The van der Waals surface area contributed by atoms with E-state index in [2.05, 4.69) is 19.2 Å². The van der Waals surface area contributed by atoms with Crippen LogP contribution in [0.4, 0.5) is 0 Å². The molecule has 1 fully saturated rings. The smallest absolute Gasteiger partial charge is 0.238 e. The molecule has 3 N–H and O–H groups in total. The molecule has 13 heavy (non-hydrogen) atoms. The van der Waals surface area contributed by atoms with E-state index in [1.54, 1.807) is 0 Å². The minimum Gasteiger partial charge on any atom is -0.354 e. The van der Waals surface area contributed by atoms with Crippen LogP contribution in [-0.2, 0) is 4.79 Å². The first kappa shape index (κ1) is 10.5. The Hall–Kier alpha value is -0.610. The number of nitrogens with one attached hydrogen (secondary N) is 1. The molecule has 0 aliphatic carbocycles. The van der Waals surface area contributed by atoms with Crippen molar-refractivity contribution in [2.24, 2.45) is 11.1 Å². The first-order valence-electron chi connectivity index (χ1n) is 4.64. The highest BCUT2D eigenvalue weighted by Gasteiger charge is 2.32. The monoisotopic (exact) mass is 185 g/mol. The average molecular weight is 185 g/mol. The van der Waals surface area contributed by atoms with Crippen LogP contribution in [0.5, 0.6) is 0 Å². The van der Waals surface area contributed by atoms with Gasteiger partial charge in [0.15, 0.2) is 0 Å². The lowest BCUT2D eigenvalue weighted by Gasteiger charge is -2.28. The van der Waals surface area contributed by atoms with Gasteiger partial charge in [-0.1, -0.05) is 13.8 Å². The summed E-state index contributed by atoms with van der Waals surface area (Å²) in [6.45, 7) is 6.30. The normalized spacial score (nSPS) is 29.5. The maximum atomic E-state index is 11.5. The van der Waals surface area contributed by atoms with E-state index in [0.717, 1.165) is 13.1 Å². The van der Waals surface area contributed by atoms with Crippen molar-refractivity contribution in [2.75, 3.05) is 26.7 Å². The van der Waals surface area contributed by atoms with Crippen molar-refractivity contribution in [3.63, 3.8) is 0 Å². The molecule has 1 rings (SSSR count). The van der Waals surface area contributed by atoms with Crippen molar-refractivity contribution in [3.05, 3.63) is 0 Å². The van der Waals surface area contributed by atoms with Gasteiger partial charge in [-0.2, -0.15) is 0 Å². The SMILES string of the molecule is CN1CC(C)(C)CNC(=O)C1CN. The molecule has 0 aromatic heterocycles. The predicted molar refractivity (Wildman–Crippen MR) is 52.3 cm³/mol. The van der Waals surface area contributed by atoms with E-state index in [1.807, 2.05) is 11.9 Å². The molecule has 1 aliphatic rings. The molecule has 0 radical (unpaired) electrons. The third-order valence-corrected chi connectivity index (χ3v) is 2.48. The standard InChI is InChI=1S/C9H19N3O/c1-9(2)5-11-8(13)7(4-10)12(3)6-9/h7H,4-6,10H2,1-3H3,(H,11,13). The number of likely N-dealkylation sites (N-methyl/N-ethyl adjacent to an activating group) is 1. The van der Waals surface area contributed by atoms with Gasteiger partial charge in [-0.05, 0) is 12.5 Å². The highest BCUT2D eigenvalue weighted by atomic mass is 16.2. The molecule has 4 nitrogen and oxygen atoms in total. The van der Waals surface area contributed by atoms with Gasteiger partial charge in [0.2, 0.25) is 5.91 Å². The molecule has 0 bridgehead atoms. The summed E-state index contributed by atoms with van der Waals surface area (Å²) in [7, 11) is 1.95. The number of hydrogen-bond acceptors (Lipinski definition) is 3. The number of rotatable bonds is 1. The summed E-state index contributed by atoms with van der Waals surface area (Å²) in [6, 6.07) is -0.165. The average Bonchev–Trinajstić information content (AvgIpc) is 2.09. The van der Waals surface area contributed by atoms with Crippen LogP contribution < -0.4 is 11.1 Å². The van der Waals surface area contributed by atoms with Gasteiger partial charge in [0.25, 0.3) is 0 Å². The van der Waals surface area contributed by atoms with Gasteiger partial charge in [-0.15, -0.1) is 0 Å². The maximum Gasteiger partial charge on any atom is 0.238 e. The lowest BCUT2D eigenvalue weighted by molar-refractivity contribution is -0.124. The highest BCUT2D eigenvalue weighted by Crippen LogP contribution is 2.18. The molecule has 4 heteroatoms. The molecular formula is C9H19N3O. The summed E-state index contributed by atoms with van der Waals surface area (Å²) in [4.78, 5) is 13.5. The van der Waals surface area contributed by atoms with Crippen LogP contribution in [0.15, 0.2) is 0 Å². The van der Waals surface area contributed by atoms with E-state index in [9.17, 15) is 4.79 Å². The van der Waals surface area contributed by atoms with Crippen molar-refractivity contribution >= 4 is 5.91 Å². The van der Waals surface area contributed by atoms with Crippen molar-refractivity contribution < 1.29 is 4.79 Å². The van der Waals surface area contributed by atoms with Crippen LogP contribution in [0, 0.1) is 5.41 Å². The van der Waals surface area contributed by atoms with Gasteiger partial charge in [0.1, 0.15) is 6.04 Å². The fraction of sp³-hybridized carbons (Fsp3) is 0.889. The lowest BCUT2D eigenvalue weighted by atomic mass is 9.93. The van der Waals surface area contributed by atoms with Gasteiger partial charge < -0.3 is 11.1 Å². The van der Waals surface area contributed by atoms with Crippen molar-refractivity contribution in [3.8, 4) is 0 Å². The Morgan fingerprint density at radius 3 is 2.85 bits per heavy atom. The van der Waals surface area contributed by atoms with E-state index in [1.165, 1.54) is 0 Å². The van der Waals surface area contributed by atoms with Gasteiger partial charge >= 0.3 is 0 Å². The molecule has 0 aromatic rings. The Morgan fingerprint density at radius 2 is 2.31 bits per heavy atom. The summed E-state index contributed by atoms with van der Waals surface area (Å²) < 4.78 is 0. The summed E-state index contributed by atoms with van der Waals surface area (Å²) in [5.74, 6) is 0.0515. The van der Waals surface area contributed by atoms with Gasteiger partial charge in [-0.3, -0.25) is 9.69 Å². The quantitative estimate of drug-likeness (QED) is 0.573. The maximum absolute atomic E-state index is 11.5. The van der Waals surface area contributed by atoms with Crippen molar-refractivity contribution in [1.29, 1.82) is 0 Å². The van der Waals surface area contributed by atoms with Gasteiger partial charge in [0.05, 0.1) is 0 Å². The van der Waals surface area contributed by atoms with E-state index < -0.39 is 0 Å². The second-order valence-corrected chi connectivity index (χ2v) is 4.55. The number of carbonyl (C=O) groups is 1. The van der Waals surface area contributed by atoms with Crippen LogP contribution in [0.3, 0.4) is 0 Å². The third kappa shape index (κ3) is 2.42. The van der Waals surface area contributed by atoms with Crippen LogP contribution in [-0.4, -0.2) is 43.5 Å². The molecule has 1 amide bonds. The third-order valence-electron chi connectivity index (χ3n) is 2.48. The van der Waals surface area contributed by atoms with Crippen LogP contribution in [0.25, 0.3) is 0 Å². The zero-order valence-corrected chi connectivity index (χ0v) is 8.63. The fourth-order valence-corrected chi connectivity index (χ4v) is 1.77. The van der Waals surface area contributed by atoms with E-state index in [0.29, 0.717) is 6.54 Å². The van der Waals surface area contributed by atoms with Crippen LogP contribution in [0.1, 0.15) is 13.8 Å². The molecular weight excluding hydrogens is 166 g/mol. The summed E-state index contributed by atoms with van der Waals surface area (Å²) in [5, 5.41) is 2.91. The van der Waals surface area contributed by atoms with Gasteiger partial charge in [-0.25, -0.2) is 0 Å². The topological polar surface area (TPSA) is 58.4 Å². The van der Waals surface area contributed by atoms with E-state index >= 15 is 0 Å². The number of nitrogens with zero attached hydrogens (tertiary/aromatic N) is 1. The number of carbonyl (C=O) groups excluding carboxylic acids is 1.